The molecule has 0 atom stereocenters. The fourth-order valence-electron chi connectivity index (χ4n) is 2.63. The van der Waals surface area contributed by atoms with E-state index in [2.05, 4.69) is 65.8 Å². The van der Waals surface area contributed by atoms with Crippen LogP contribution in [0.1, 0.15) is 35.3 Å². The van der Waals surface area contributed by atoms with Gasteiger partial charge in [-0.05, 0) is 66.7 Å². The number of ether oxygens (including phenoxy) is 2. The SMILES string of the molecule is COc1cc(I)c(C(=O)NCc2ccccc2CN(C)C(C)C)cc1OC. The molecule has 0 aliphatic carbocycles. The van der Waals surface area contributed by atoms with Gasteiger partial charge in [-0.1, -0.05) is 24.3 Å². The van der Waals surface area contributed by atoms with Crippen molar-refractivity contribution in [1.82, 2.24) is 10.2 Å². The molecule has 5 nitrogen and oxygen atoms in total. The van der Waals surface area contributed by atoms with Gasteiger partial charge in [0.15, 0.2) is 11.5 Å². The highest BCUT2D eigenvalue weighted by Crippen LogP contribution is 2.31. The molecule has 2 aromatic carbocycles. The largest absolute Gasteiger partial charge is 0.493 e. The molecule has 1 amide bonds. The maximum Gasteiger partial charge on any atom is 0.252 e. The van der Waals surface area contributed by atoms with E-state index >= 15 is 0 Å². The summed E-state index contributed by atoms with van der Waals surface area (Å²) in [6.07, 6.45) is 0. The van der Waals surface area contributed by atoms with Gasteiger partial charge >= 0.3 is 0 Å². The van der Waals surface area contributed by atoms with Crippen LogP contribution in [0, 0.1) is 3.57 Å². The lowest BCUT2D eigenvalue weighted by atomic mass is 10.1. The van der Waals surface area contributed by atoms with Gasteiger partial charge in [0.1, 0.15) is 0 Å². The number of methoxy groups -OCH3 is 2. The standard InChI is InChI=1S/C21H27IN2O3/c1-14(2)24(3)13-16-9-7-6-8-15(16)12-23-21(25)17-10-19(26-4)20(27-5)11-18(17)22/h6-11,14H,12-13H2,1-5H3,(H,23,25). The minimum Gasteiger partial charge on any atom is -0.493 e. The number of nitrogens with zero attached hydrogens (tertiary/aromatic N) is 1. The summed E-state index contributed by atoms with van der Waals surface area (Å²) in [5.74, 6) is 1.02. The lowest BCUT2D eigenvalue weighted by molar-refractivity contribution is 0.0949. The van der Waals surface area contributed by atoms with Gasteiger partial charge in [-0.15, -0.1) is 0 Å². The number of hydrogen-bond donors (Lipinski definition) is 1. The molecule has 0 aliphatic heterocycles. The predicted octanol–water partition coefficient (Wildman–Crippen LogP) is 4.08. The molecule has 6 heteroatoms. The highest BCUT2D eigenvalue weighted by molar-refractivity contribution is 14.1. The fourth-order valence-corrected chi connectivity index (χ4v) is 3.32. The van der Waals surface area contributed by atoms with Crippen LogP contribution in [-0.4, -0.2) is 38.1 Å². The predicted molar refractivity (Wildman–Crippen MR) is 116 cm³/mol. The van der Waals surface area contributed by atoms with Crippen molar-refractivity contribution >= 4 is 28.5 Å². The van der Waals surface area contributed by atoms with Crippen LogP contribution in [0.15, 0.2) is 36.4 Å². The van der Waals surface area contributed by atoms with Crippen molar-refractivity contribution in [2.24, 2.45) is 0 Å². The van der Waals surface area contributed by atoms with Gasteiger partial charge < -0.3 is 14.8 Å². The first-order valence-electron chi connectivity index (χ1n) is 8.84. The van der Waals surface area contributed by atoms with Crippen LogP contribution in [0.2, 0.25) is 0 Å². The summed E-state index contributed by atoms with van der Waals surface area (Å²) in [5.41, 5.74) is 2.91. The Morgan fingerprint density at radius 2 is 1.70 bits per heavy atom. The number of halogens is 1. The molecule has 2 aromatic rings. The molecule has 0 unspecified atom stereocenters. The van der Waals surface area contributed by atoms with Gasteiger partial charge in [0, 0.05) is 22.7 Å². The summed E-state index contributed by atoms with van der Waals surface area (Å²) >= 11 is 2.14. The summed E-state index contributed by atoms with van der Waals surface area (Å²) in [5, 5.41) is 3.03. The van der Waals surface area contributed by atoms with Crippen LogP contribution in [-0.2, 0) is 13.1 Å². The van der Waals surface area contributed by atoms with E-state index in [-0.39, 0.29) is 5.91 Å². The average Bonchev–Trinajstić information content (AvgIpc) is 2.66. The first kappa shape index (κ1) is 21.5. The second kappa shape index (κ2) is 9.94. The Labute approximate surface area is 175 Å². The summed E-state index contributed by atoms with van der Waals surface area (Å²) in [6, 6.07) is 12.2. The van der Waals surface area contributed by atoms with E-state index < -0.39 is 0 Å². The monoisotopic (exact) mass is 482 g/mol. The van der Waals surface area contributed by atoms with Crippen LogP contribution >= 0.6 is 22.6 Å². The van der Waals surface area contributed by atoms with E-state index in [4.69, 9.17) is 9.47 Å². The van der Waals surface area contributed by atoms with Crippen molar-refractivity contribution in [3.05, 3.63) is 56.7 Å². The molecule has 0 saturated carbocycles. The third kappa shape index (κ3) is 5.59. The first-order chi connectivity index (χ1) is 12.9. The molecule has 0 fully saturated rings. The van der Waals surface area contributed by atoms with Crippen LogP contribution in [0.5, 0.6) is 11.5 Å². The summed E-state index contributed by atoms with van der Waals surface area (Å²) in [7, 11) is 5.25. The van der Waals surface area contributed by atoms with Crippen molar-refractivity contribution in [1.29, 1.82) is 0 Å². The lowest BCUT2D eigenvalue weighted by Crippen LogP contribution is -2.28. The molecule has 27 heavy (non-hydrogen) atoms. The maximum absolute atomic E-state index is 12.7. The van der Waals surface area contributed by atoms with Crippen molar-refractivity contribution in [2.75, 3.05) is 21.3 Å². The summed E-state index contributed by atoms with van der Waals surface area (Å²) in [6.45, 7) is 5.66. The van der Waals surface area contributed by atoms with Gasteiger partial charge in [-0.3, -0.25) is 9.69 Å². The molecule has 0 aromatic heterocycles. The Bertz CT molecular complexity index is 793. The van der Waals surface area contributed by atoms with Gasteiger partial charge in [0.2, 0.25) is 0 Å². The second-order valence-electron chi connectivity index (χ2n) is 6.65. The van der Waals surface area contributed by atoms with Crippen molar-refractivity contribution in [3.63, 3.8) is 0 Å². The number of amides is 1. The molecule has 0 saturated heterocycles. The minimum atomic E-state index is -0.132. The molecule has 2 rings (SSSR count). The lowest BCUT2D eigenvalue weighted by Gasteiger charge is -2.22. The molecular formula is C21H27IN2O3. The van der Waals surface area contributed by atoms with Gasteiger partial charge in [-0.25, -0.2) is 0 Å². The van der Waals surface area contributed by atoms with Crippen molar-refractivity contribution in [2.45, 2.75) is 33.0 Å². The van der Waals surface area contributed by atoms with E-state index in [0.717, 1.165) is 15.7 Å². The third-order valence-corrected chi connectivity index (χ3v) is 5.47. The number of rotatable bonds is 8. The number of benzene rings is 2. The van der Waals surface area contributed by atoms with Gasteiger partial charge in [0.05, 0.1) is 19.8 Å². The van der Waals surface area contributed by atoms with Crippen LogP contribution < -0.4 is 14.8 Å². The third-order valence-electron chi connectivity index (χ3n) is 4.58. The molecule has 0 bridgehead atoms. The summed E-state index contributed by atoms with van der Waals surface area (Å²) in [4.78, 5) is 15.0. The van der Waals surface area contributed by atoms with E-state index in [1.165, 1.54) is 5.56 Å². The van der Waals surface area contributed by atoms with Gasteiger partial charge in [-0.2, -0.15) is 0 Å². The molecule has 1 N–H and O–H groups in total. The molecular weight excluding hydrogens is 455 g/mol. The highest BCUT2D eigenvalue weighted by atomic mass is 127. The van der Waals surface area contributed by atoms with Crippen molar-refractivity contribution in [3.8, 4) is 11.5 Å². The quantitative estimate of drug-likeness (QED) is 0.577. The normalized spacial score (nSPS) is 11.0. The van der Waals surface area contributed by atoms with Crippen LogP contribution in [0.4, 0.5) is 0 Å². The van der Waals surface area contributed by atoms with E-state index in [1.807, 2.05) is 12.1 Å². The molecule has 0 heterocycles. The number of carbonyl (C=O) groups excluding carboxylic acids is 1. The average molecular weight is 482 g/mol. The maximum atomic E-state index is 12.7. The van der Waals surface area contributed by atoms with E-state index in [9.17, 15) is 4.79 Å². The smallest absolute Gasteiger partial charge is 0.252 e. The van der Waals surface area contributed by atoms with Crippen LogP contribution in [0.25, 0.3) is 0 Å². The minimum absolute atomic E-state index is 0.132. The highest BCUT2D eigenvalue weighted by Gasteiger charge is 2.16. The van der Waals surface area contributed by atoms with E-state index in [1.54, 1.807) is 26.4 Å². The van der Waals surface area contributed by atoms with Gasteiger partial charge in [0.25, 0.3) is 5.91 Å². The summed E-state index contributed by atoms with van der Waals surface area (Å²) < 4.78 is 11.4. The fraction of sp³-hybridized carbons (Fsp3) is 0.381. The zero-order chi connectivity index (χ0) is 20.0. The molecule has 0 aliphatic rings. The zero-order valence-electron chi connectivity index (χ0n) is 16.5. The van der Waals surface area contributed by atoms with Crippen molar-refractivity contribution < 1.29 is 14.3 Å². The Morgan fingerprint density at radius 3 is 2.30 bits per heavy atom. The Balaban J connectivity index is 2.15. The van der Waals surface area contributed by atoms with Crippen LogP contribution in [0.3, 0.4) is 0 Å². The zero-order valence-corrected chi connectivity index (χ0v) is 18.7. The number of carbonyl (C=O) groups is 1. The number of nitrogens with one attached hydrogen (secondary N) is 1. The topological polar surface area (TPSA) is 50.8 Å². The first-order valence-corrected chi connectivity index (χ1v) is 9.92. The van der Waals surface area contributed by atoms with E-state index in [0.29, 0.717) is 29.6 Å². The second-order valence-corrected chi connectivity index (χ2v) is 7.81. The molecule has 146 valence electrons. The Hall–Kier alpha value is -1.80. The number of hydrogen-bond acceptors (Lipinski definition) is 4. The Kier molecular flexibility index (Phi) is 7.91. The Morgan fingerprint density at radius 1 is 1.11 bits per heavy atom. The molecule has 0 radical (unpaired) electrons. The molecule has 0 spiro atoms.